The Labute approximate surface area is 107 Å². The zero-order valence-corrected chi connectivity index (χ0v) is 11.0. The summed E-state index contributed by atoms with van der Waals surface area (Å²) in [5, 5.41) is 0. The SMILES string of the molecule is CCCC(=O)Oc1ccc(C(=O)OCC)cc1C. The highest BCUT2D eigenvalue weighted by molar-refractivity contribution is 5.90. The summed E-state index contributed by atoms with van der Waals surface area (Å²) >= 11 is 0. The molecule has 0 atom stereocenters. The highest BCUT2D eigenvalue weighted by Crippen LogP contribution is 2.20. The van der Waals surface area contributed by atoms with Crippen LogP contribution in [0.2, 0.25) is 0 Å². The van der Waals surface area contributed by atoms with Gasteiger partial charge in [-0.2, -0.15) is 0 Å². The topological polar surface area (TPSA) is 52.6 Å². The number of rotatable bonds is 5. The maximum Gasteiger partial charge on any atom is 0.338 e. The quantitative estimate of drug-likeness (QED) is 0.595. The first-order valence-corrected chi connectivity index (χ1v) is 6.07. The Morgan fingerprint density at radius 2 is 1.94 bits per heavy atom. The summed E-state index contributed by atoms with van der Waals surface area (Å²) in [6.45, 7) is 5.80. The largest absolute Gasteiger partial charge is 0.462 e. The van der Waals surface area contributed by atoms with E-state index in [-0.39, 0.29) is 11.9 Å². The second-order valence-electron chi connectivity index (χ2n) is 3.92. The molecule has 0 heterocycles. The van der Waals surface area contributed by atoms with Crippen molar-refractivity contribution in [3.05, 3.63) is 29.3 Å². The van der Waals surface area contributed by atoms with Crippen LogP contribution >= 0.6 is 0 Å². The van der Waals surface area contributed by atoms with Gasteiger partial charge in [-0.25, -0.2) is 4.79 Å². The molecule has 0 aromatic heterocycles. The van der Waals surface area contributed by atoms with Gasteiger partial charge in [-0.3, -0.25) is 4.79 Å². The van der Waals surface area contributed by atoms with E-state index in [0.29, 0.717) is 24.3 Å². The predicted octanol–water partition coefficient (Wildman–Crippen LogP) is 2.88. The van der Waals surface area contributed by atoms with Crippen LogP contribution < -0.4 is 4.74 Å². The van der Waals surface area contributed by atoms with Crippen LogP contribution in [0.15, 0.2) is 18.2 Å². The van der Waals surface area contributed by atoms with Crippen LogP contribution in [0.3, 0.4) is 0 Å². The van der Waals surface area contributed by atoms with E-state index >= 15 is 0 Å². The van der Waals surface area contributed by atoms with E-state index < -0.39 is 0 Å². The minimum Gasteiger partial charge on any atom is -0.462 e. The molecule has 0 aliphatic carbocycles. The summed E-state index contributed by atoms with van der Waals surface area (Å²) in [6, 6.07) is 4.88. The smallest absolute Gasteiger partial charge is 0.338 e. The molecular formula is C14H18O4. The van der Waals surface area contributed by atoms with E-state index in [2.05, 4.69) is 0 Å². The van der Waals surface area contributed by atoms with E-state index in [4.69, 9.17) is 9.47 Å². The monoisotopic (exact) mass is 250 g/mol. The molecule has 0 saturated heterocycles. The van der Waals surface area contributed by atoms with Crippen molar-refractivity contribution in [2.45, 2.75) is 33.6 Å². The number of esters is 2. The fourth-order valence-corrected chi connectivity index (χ4v) is 1.48. The van der Waals surface area contributed by atoms with Crippen molar-refractivity contribution < 1.29 is 19.1 Å². The third-order valence-electron chi connectivity index (χ3n) is 2.36. The second kappa shape index (κ2) is 6.79. The van der Waals surface area contributed by atoms with Crippen molar-refractivity contribution in [3.63, 3.8) is 0 Å². The number of benzene rings is 1. The molecule has 1 aromatic rings. The minimum atomic E-state index is -0.368. The molecule has 0 bridgehead atoms. The Balaban J connectivity index is 2.79. The van der Waals surface area contributed by atoms with Crippen molar-refractivity contribution in [3.8, 4) is 5.75 Å². The van der Waals surface area contributed by atoms with Gasteiger partial charge in [0.1, 0.15) is 5.75 Å². The molecule has 98 valence electrons. The average Bonchev–Trinajstić information content (AvgIpc) is 2.32. The first-order valence-electron chi connectivity index (χ1n) is 6.07. The van der Waals surface area contributed by atoms with Gasteiger partial charge in [-0.15, -0.1) is 0 Å². The van der Waals surface area contributed by atoms with E-state index in [1.54, 1.807) is 32.0 Å². The molecular weight excluding hydrogens is 232 g/mol. The summed E-state index contributed by atoms with van der Waals surface area (Å²) < 4.78 is 10.1. The molecule has 0 unspecified atom stereocenters. The number of carbonyl (C=O) groups excluding carboxylic acids is 2. The third-order valence-corrected chi connectivity index (χ3v) is 2.36. The summed E-state index contributed by atoms with van der Waals surface area (Å²) in [5.74, 6) is -0.141. The Bertz CT molecular complexity index is 437. The fraction of sp³-hybridized carbons (Fsp3) is 0.429. The van der Waals surface area contributed by atoms with Crippen molar-refractivity contribution in [1.82, 2.24) is 0 Å². The zero-order chi connectivity index (χ0) is 13.5. The number of aryl methyl sites for hydroxylation is 1. The Morgan fingerprint density at radius 3 is 2.50 bits per heavy atom. The maximum atomic E-state index is 11.5. The minimum absolute atomic E-state index is 0.260. The first kappa shape index (κ1) is 14.2. The number of ether oxygens (including phenoxy) is 2. The summed E-state index contributed by atoms with van der Waals surface area (Å²) in [6.07, 6.45) is 1.14. The standard InChI is InChI=1S/C14H18O4/c1-4-6-13(15)18-12-8-7-11(9-10(12)3)14(16)17-5-2/h7-9H,4-6H2,1-3H3. The Morgan fingerprint density at radius 1 is 1.22 bits per heavy atom. The molecule has 0 spiro atoms. The summed E-state index contributed by atoms with van der Waals surface area (Å²) in [7, 11) is 0. The predicted molar refractivity (Wildman–Crippen MR) is 67.7 cm³/mol. The molecule has 18 heavy (non-hydrogen) atoms. The molecule has 1 aromatic carbocycles. The van der Waals surface area contributed by atoms with Crippen molar-refractivity contribution in [2.75, 3.05) is 6.61 Å². The van der Waals surface area contributed by atoms with Gasteiger partial charge < -0.3 is 9.47 Å². The molecule has 0 amide bonds. The van der Waals surface area contributed by atoms with Gasteiger partial charge in [-0.1, -0.05) is 6.92 Å². The molecule has 0 N–H and O–H groups in total. The van der Waals surface area contributed by atoms with Crippen LogP contribution in [0.1, 0.15) is 42.6 Å². The van der Waals surface area contributed by atoms with Crippen LogP contribution in [-0.4, -0.2) is 18.5 Å². The normalized spacial score (nSPS) is 9.94. The van der Waals surface area contributed by atoms with Crippen LogP contribution in [0.5, 0.6) is 5.75 Å². The number of carbonyl (C=O) groups is 2. The van der Waals surface area contributed by atoms with Crippen LogP contribution in [0.4, 0.5) is 0 Å². The number of hydrogen-bond donors (Lipinski definition) is 0. The van der Waals surface area contributed by atoms with Gasteiger partial charge >= 0.3 is 11.9 Å². The summed E-state index contributed by atoms with van der Waals surface area (Å²) in [5.41, 5.74) is 1.20. The molecule has 4 heteroatoms. The molecule has 0 saturated carbocycles. The highest BCUT2D eigenvalue weighted by Gasteiger charge is 2.11. The van der Waals surface area contributed by atoms with Crippen LogP contribution in [-0.2, 0) is 9.53 Å². The lowest BCUT2D eigenvalue weighted by Gasteiger charge is -2.08. The van der Waals surface area contributed by atoms with Crippen molar-refractivity contribution in [1.29, 1.82) is 0 Å². The molecule has 0 radical (unpaired) electrons. The molecule has 0 aliphatic heterocycles. The Hall–Kier alpha value is -1.84. The first-order chi connectivity index (χ1) is 8.58. The fourth-order valence-electron chi connectivity index (χ4n) is 1.48. The van der Waals surface area contributed by atoms with Crippen molar-refractivity contribution in [2.24, 2.45) is 0 Å². The second-order valence-corrected chi connectivity index (χ2v) is 3.92. The van der Waals surface area contributed by atoms with Gasteiger partial charge in [0.15, 0.2) is 0 Å². The van der Waals surface area contributed by atoms with Gasteiger partial charge in [0, 0.05) is 6.42 Å². The zero-order valence-electron chi connectivity index (χ0n) is 11.0. The van der Waals surface area contributed by atoms with Gasteiger partial charge in [0.2, 0.25) is 0 Å². The molecule has 0 fully saturated rings. The van der Waals surface area contributed by atoms with E-state index in [9.17, 15) is 9.59 Å². The van der Waals surface area contributed by atoms with E-state index in [1.165, 1.54) is 0 Å². The Kier molecular flexibility index (Phi) is 5.36. The molecule has 1 rings (SSSR count). The molecule has 0 aliphatic rings. The lowest BCUT2D eigenvalue weighted by atomic mass is 10.1. The van der Waals surface area contributed by atoms with Crippen LogP contribution in [0, 0.1) is 6.92 Å². The van der Waals surface area contributed by atoms with Gasteiger partial charge in [0.05, 0.1) is 12.2 Å². The highest BCUT2D eigenvalue weighted by atomic mass is 16.5. The summed E-state index contributed by atoms with van der Waals surface area (Å²) in [4.78, 5) is 22.9. The number of hydrogen-bond acceptors (Lipinski definition) is 4. The van der Waals surface area contributed by atoms with Gasteiger partial charge in [-0.05, 0) is 44.0 Å². The third kappa shape index (κ3) is 3.87. The van der Waals surface area contributed by atoms with E-state index in [1.807, 2.05) is 6.92 Å². The maximum absolute atomic E-state index is 11.5. The lowest BCUT2D eigenvalue weighted by Crippen LogP contribution is -2.09. The lowest BCUT2D eigenvalue weighted by molar-refractivity contribution is -0.134. The van der Waals surface area contributed by atoms with Gasteiger partial charge in [0.25, 0.3) is 0 Å². The van der Waals surface area contributed by atoms with Crippen molar-refractivity contribution >= 4 is 11.9 Å². The van der Waals surface area contributed by atoms with E-state index in [0.717, 1.165) is 12.0 Å². The van der Waals surface area contributed by atoms with Crippen LogP contribution in [0.25, 0.3) is 0 Å². The molecule has 4 nitrogen and oxygen atoms in total. The average molecular weight is 250 g/mol.